The number of carbonyl (C=O) groups is 2. The first-order chi connectivity index (χ1) is 12.0. The number of esters is 1. The highest BCUT2D eigenvalue weighted by atomic mass is 16.5. The average molecular weight is 343 g/mol. The van der Waals surface area contributed by atoms with Crippen LogP contribution in [0.1, 0.15) is 23.0 Å². The number of aromatic nitrogens is 3. The van der Waals surface area contributed by atoms with Gasteiger partial charge < -0.3 is 14.5 Å². The minimum Gasteiger partial charge on any atom is -0.464 e. The number of amides is 1. The number of carbonyl (C=O) groups excluding carboxylic acids is 2. The average Bonchev–Trinajstić information content (AvgIpc) is 3.02. The molecule has 8 heteroatoms. The van der Waals surface area contributed by atoms with E-state index in [0.29, 0.717) is 6.54 Å². The number of hydrogen-bond donors (Lipinski definition) is 0. The maximum absolute atomic E-state index is 12.8. The summed E-state index contributed by atoms with van der Waals surface area (Å²) < 4.78 is 5.96. The third-order valence-electron chi connectivity index (χ3n) is 4.36. The van der Waals surface area contributed by atoms with Crippen LogP contribution in [0.5, 0.6) is 0 Å². The molecule has 0 radical (unpaired) electrons. The quantitative estimate of drug-likeness (QED) is 0.772. The molecule has 1 amide bonds. The van der Waals surface area contributed by atoms with Gasteiger partial charge in [-0.15, -0.1) is 5.10 Å². The van der Waals surface area contributed by atoms with Gasteiger partial charge in [0.1, 0.15) is 6.54 Å². The summed E-state index contributed by atoms with van der Waals surface area (Å²) in [4.78, 5) is 28.2. The first kappa shape index (κ1) is 16.9. The van der Waals surface area contributed by atoms with Crippen LogP contribution in [0, 0.1) is 0 Å². The van der Waals surface area contributed by atoms with Crippen LogP contribution in [0.15, 0.2) is 30.5 Å². The third-order valence-corrected chi connectivity index (χ3v) is 4.36. The van der Waals surface area contributed by atoms with Gasteiger partial charge in [0.15, 0.2) is 5.69 Å². The Kier molecular flexibility index (Phi) is 4.69. The Morgan fingerprint density at radius 3 is 2.84 bits per heavy atom. The van der Waals surface area contributed by atoms with Crippen molar-refractivity contribution in [1.29, 1.82) is 0 Å². The van der Waals surface area contributed by atoms with Crippen LogP contribution < -0.4 is 4.90 Å². The Labute approximate surface area is 146 Å². The molecule has 25 heavy (non-hydrogen) atoms. The summed E-state index contributed by atoms with van der Waals surface area (Å²) >= 11 is 0. The van der Waals surface area contributed by atoms with E-state index in [1.54, 1.807) is 0 Å². The molecule has 0 aliphatic carbocycles. The molecule has 2 heterocycles. The summed E-state index contributed by atoms with van der Waals surface area (Å²) in [7, 11) is 3.31. The van der Waals surface area contributed by atoms with Gasteiger partial charge in [0.05, 0.1) is 13.3 Å². The second-order valence-electron chi connectivity index (χ2n) is 6.17. The van der Waals surface area contributed by atoms with Crippen molar-refractivity contribution in [2.75, 3.05) is 25.6 Å². The summed E-state index contributed by atoms with van der Waals surface area (Å²) in [6.45, 7) is 3.34. The topological polar surface area (TPSA) is 80.6 Å². The number of likely N-dealkylation sites (N-methyl/N-ethyl adjacent to an activating group) is 1. The number of hydrogen-bond acceptors (Lipinski definition) is 6. The zero-order chi connectivity index (χ0) is 18.0. The number of methoxy groups -OCH3 is 1. The Bertz CT molecular complexity index is 788. The van der Waals surface area contributed by atoms with E-state index in [1.165, 1.54) is 18.0 Å². The SMILES string of the molecule is COC(=O)c1cn(CC(=O)N2Cc3ccccc3N(C)C[C@@H]2C)nn1. The molecule has 2 aromatic rings. The lowest BCUT2D eigenvalue weighted by atomic mass is 10.1. The van der Waals surface area contributed by atoms with Crippen molar-refractivity contribution in [2.45, 2.75) is 26.1 Å². The summed E-state index contributed by atoms with van der Waals surface area (Å²) in [6.07, 6.45) is 1.42. The van der Waals surface area contributed by atoms with Crippen LogP contribution in [0.3, 0.4) is 0 Å². The minimum atomic E-state index is -0.572. The van der Waals surface area contributed by atoms with E-state index in [-0.39, 0.29) is 24.2 Å². The van der Waals surface area contributed by atoms with Crippen molar-refractivity contribution in [2.24, 2.45) is 0 Å². The number of benzene rings is 1. The standard InChI is InChI=1S/C17H21N5O3/c1-12-8-20(2)15-7-5-4-6-13(15)9-22(12)16(23)11-21-10-14(18-19-21)17(24)25-3/h4-7,10,12H,8-9,11H2,1-3H3/t12-/m0/s1. The molecular weight excluding hydrogens is 322 g/mol. The van der Waals surface area contributed by atoms with Crippen LogP contribution in [0.4, 0.5) is 5.69 Å². The van der Waals surface area contributed by atoms with Crippen molar-refractivity contribution >= 4 is 17.6 Å². The first-order valence-electron chi connectivity index (χ1n) is 8.06. The van der Waals surface area contributed by atoms with Crippen LogP contribution in [0.25, 0.3) is 0 Å². The van der Waals surface area contributed by atoms with Gasteiger partial charge in [0.25, 0.3) is 0 Å². The van der Waals surface area contributed by atoms with Crippen LogP contribution in [-0.2, 0) is 22.6 Å². The van der Waals surface area contributed by atoms with E-state index in [0.717, 1.165) is 17.8 Å². The molecule has 0 saturated heterocycles. The minimum absolute atomic E-state index is 0.0280. The Morgan fingerprint density at radius 1 is 1.32 bits per heavy atom. The number of rotatable bonds is 3. The fourth-order valence-corrected chi connectivity index (χ4v) is 3.09. The van der Waals surface area contributed by atoms with Gasteiger partial charge in [0, 0.05) is 31.9 Å². The molecule has 1 aromatic carbocycles. The molecule has 0 bridgehead atoms. The van der Waals surface area contributed by atoms with Crippen molar-refractivity contribution in [3.8, 4) is 0 Å². The fourth-order valence-electron chi connectivity index (χ4n) is 3.09. The summed E-state index contributed by atoms with van der Waals surface area (Å²) in [5.74, 6) is -0.642. The summed E-state index contributed by atoms with van der Waals surface area (Å²) in [5.41, 5.74) is 2.33. The van der Waals surface area contributed by atoms with Gasteiger partial charge >= 0.3 is 5.97 Å². The van der Waals surface area contributed by atoms with Gasteiger partial charge in [-0.3, -0.25) is 4.79 Å². The van der Waals surface area contributed by atoms with Gasteiger partial charge in [0.2, 0.25) is 5.91 Å². The molecule has 0 unspecified atom stereocenters. The van der Waals surface area contributed by atoms with Crippen molar-refractivity contribution in [3.05, 3.63) is 41.7 Å². The van der Waals surface area contributed by atoms with Gasteiger partial charge in [-0.05, 0) is 18.6 Å². The van der Waals surface area contributed by atoms with E-state index >= 15 is 0 Å². The number of fused-ring (bicyclic) bond motifs is 1. The van der Waals surface area contributed by atoms with Crippen molar-refractivity contribution < 1.29 is 14.3 Å². The molecule has 1 aliphatic heterocycles. The zero-order valence-corrected chi connectivity index (χ0v) is 14.5. The molecule has 3 rings (SSSR count). The summed E-state index contributed by atoms with van der Waals surface area (Å²) in [5, 5.41) is 7.57. The van der Waals surface area contributed by atoms with Crippen molar-refractivity contribution in [3.63, 3.8) is 0 Å². The smallest absolute Gasteiger partial charge is 0.360 e. The van der Waals surface area contributed by atoms with E-state index < -0.39 is 5.97 Å². The second kappa shape index (κ2) is 6.92. The highest BCUT2D eigenvalue weighted by Gasteiger charge is 2.27. The van der Waals surface area contributed by atoms with Gasteiger partial charge in [-0.2, -0.15) is 0 Å². The molecule has 132 valence electrons. The zero-order valence-electron chi connectivity index (χ0n) is 14.5. The van der Waals surface area contributed by atoms with Gasteiger partial charge in [-0.25, -0.2) is 9.48 Å². The highest BCUT2D eigenvalue weighted by Crippen LogP contribution is 2.26. The maximum atomic E-state index is 12.8. The molecular formula is C17H21N5O3. The number of ether oxygens (including phenoxy) is 1. The lowest BCUT2D eigenvalue weighted by molar-refractivity contribution is -0.134. The first-order valence-corrected chi connectivity index (χ1v) is 8.06. The van der Waals surface area contributed by atoms with E-state index in [1.807, 2.05) is 37.1 Å². The molecule has 0 N–H and O–H groups in total. The van der Waals surface area contributed by atoms with Crippen molar-refractivity contribution in [1.82, 2.24) is 19.9 Å². The molecule has 1 atom stereocenters. The highest BCUT2D eigenvalue weighted by molar-refractivity contribution is 5.86. The molecule has 8 nitrogen and oxygen atoms in total. The fraction of sp³-hybridized carbons (Fsp3) is 0.412. The Hall–Kier alpha value is -2.90. The lowest BCUT2D eigenvalue weighted by Crippen LogP contribution is -2.43. The normalized spacial score (nSPS) is 17.0. The monoisotopic (exact) mass is 343 g/mol. The Balaban J connectivity index is 1.77. The third kappa shape index (κ3) is 3.47. The predicted molar refractivity (Wildman–Crippen MR) is 91.1 cm³/mol. The second-order valence-corrected chi connectivity index (χ2v) is 6.17. The largest absolute Gasteiger partial charge is 0.464 e. The lowest BCUT2D eigenvalue weighted by Gasteiger charge is -2.28. The van der Waals surface area contributed by atoms with Crippen LogP contribution in [0.2, 0.25) is 0 Å². The molecule has 1 aliphatic rings. The molecule has 0 fully saturated rings. The number of nitrogens with zero attached hydrogens (tertiary/aromatic N) is 5. The van der Waals surface area contributed by atoms with E-state index in [2.05, 4.69) is 26.0 Å². The van der Waals surface area contributed by atoms with Gasteiger partial charge in [-0.1, -0.05) is 23.4 Å². The predicted octanol–water partition coefficient (Wildman–Crippen LogP) is 0.932. The maximum Gasteiger partial charge on any atom is 0.360 e. The van der Waals surface area contributed by atoms with E-state index in [9.17, 15) is 9.59 Å². The summed E-state index contributed by atoms with van der Waals surface area (Å²) in [6, 6.07) is 8.13. The molecule has 1 aromatic heterocycles. The van der Waals surface area contributed by atoms with Crippen LogP contribution in [-0.4, -0.2) is 58.5 Å². The van der Waals surface area contributed by atoms with Crippen LogP contribution >= 0.6 is 0 Å². The number of para-hydroxylation sites is 1. The molecule has 0 spiro atoms. The molecule has 0 saturated carbocycles. The Morgan fingerprint density at radius 2 is 2.08 bits per heavy atom. The van der Waals surface area contributed by atoms with E-state index in [4.69, 9.17) is 0 Å². The number of anilines is 1.